The summed E-state index contributed by atoms with van der Waals surface area (Å²) in [6.07, 6.45) is 0. The first kappa shape index (κ1) is 20.1. The molecule has 5 nitrogen and oxygen atoms in total. The lowest BCUT2D eigenvalue weighted by Crippen LogP contribution is -2.15. The van der Waals surface area contributed by atoms with Gasteiger partial charge in [0.2, 0.25) is 11.7 Å². The van der Waals surface area contributed by atoms with Gasteiger partial charge in [-0.25, -0.2) is 4.68 Å². The van der Waals surface area contributed by atoms with Crippen LogP contribution in [0.5, 0.6) is 5.88 Å². The molecule has 144 valence electrons. The number of ether oxygens (including phenoxy) is 1. The molecule has 2 aromatic carbocycles. The van der Waals surface area contributed by atoms with Crippen molar-refractivity contribution in [2.75, 3.05) is 6.61 Å². The smallest absolute Gasteiger partial charge is 0.223 e. The quantitative estimate of drug-likeness (QED) is 0.539. The summed E-state index contributed by atoms with van der Waals surface area (Å²) in [5.41, 5.74) is 2.57. The lowest BCUT2D eigenvalue weighted by molar-refractivity contribution is 0.0908. The monoisotopic (exact) mass is 416 g/mol. The van der Waals surface area contributed by atoms with Crippen molar-refractivity contribution < 1.29 is 14.3 Å². The molecule has 7 heteroatoms. The van der Waals surface area contributed by atoms with Crippen molar-refractivity contribution in [2.24, 2.45) is 7.05 Å². The molecule has 0 bridgehead atoms. The first-order chi connectivity index (χ1) is 13.3. The van der Waals surface area contributed by atoms with Crippen LogP contribution >= 0.6 is 23.2 Å². The molecule has 0 fully saturated rings. The zero-order valence-electron chi connectivity index (χ0n) is 15.6. The molecule has 0 N–H and O–H groups in total. The molecule has 0 saturated carbocycles. The number of ketones is 2. The zero-order valence-corrected chi connectivity index (χ0v) is 17.1. The van der Waals surface area contributed by atoms with Crippen LogP contribution in [0.15, 0.2) is 42.5 Å². The fourth-order valence-corrected chi connectivity index (χ4v) is 3.40. The number of hydrogen-bond donors (Lipinski definition) is 0. The van der Waals surface area contributed by atoms with E-state index in [9.17, 15) is 9.59 Å². The molecule has 28 heavy (non-hydrogen) atoms. The number of nitrogens with zero attached hydrogens (tertiary/aromatic N) is 2. The molecule has 0 amide bonds. The van der Waals surface area contributed by atoms with Gasteiger partial charge in [0.05, 0.1) is 10.7 Å². The Hall–Kier alpha value is -2.63. The summed E-state index contributed by atoms with van der Waals surface area (Å²) < 4.78 is 7.15. The summed E-state index contributed by atoms with van der Waals surface area (Å²) in [6, 6.07) is 11.9. The van der Waals surface area contributed by atoms with Crippen molar-refractivity contribution in [2.45, 2.75) is 13.8 Å². The number of benzene rings is 2. The highest BCUT2D eigenvalue weighted by Gasteiger charge is 2.25. The third kappa shape index (κ3) is 4.11. The van der Waals surface area contributed by atoms with E-state index in [1.165, 1.54) is 10.7 Å². The molecular weight excluding hydrogens is 399 g/mol. The van der Waals surface area contributed by atoms with E-state index in [-0.39, 0.29) is 40.2 Å². The number of halogens is 2. The molecule has 0 aliphatic rings. The molecule has 3 aromatic rings. The van der Waals surface area contributed by atoms with Gasteiger partial charge in [0, 0.05) is 23.2 Å². The lowest BCUT2D eigenvalue weighted by Gasteiger charge is -2.10. The highest BCUT2D eigenvalue weighted by molar-refractivity contribution is 6.37. The van der Waals surface area contributed by atoms with Gasteiger partial charge in [-0.15, -0.1) is 0 Å². The van der Waals surface area contributed by atoms with Gasteiger partial charge in [-0.1, -0.05) is 47.0 Å². The van der Waals surface area contributed by atoms with Gasteiger partial charge >= 0.3 is 0 Å². The predicted molar refractivity (Wildman–Crippen MR) is 109 cm³/mol. The first-order valence-corrected chi connectivity index (χ1v) is 9.29. The number of aryl methyl sites for hydroxylation is 3. The van der Waals surface area contributed by atoms with Crippen LogP contribution in [-0.4, -0.2) is 28.0 Å². The topological polar surface area (TPSA) is 61.2 Å². The summed E-state index contributed by atoms with van der Waals surface area (Å²) in [6.45, 7) is 3.40. The van der Waals surface area contributed by atoms with Crippen LogP contribution < -0.4 is 4.74 Å². The van der Waals surface area contributed by atoms with E-state index in [4.69, 9.17) is 27.9 Å². The number of carbonyl (C=O) groups is 2. The van der Waals surface area contributed by atoms with E-state index in [2.05, 4.69) is 5.10 Å². The van der Waals surface area contributed by atoms with Crippen LogP contribution in [0.3, 0.4) is 0 Å². The van der Waals surface area contributed by atoms with Crippen molar-refractivity contribution in [1.82, 2.24) is 9.78 Å². The first-order valence-electron chi connectivity index (χ1n) is 8.54. The number of aromatic nitrogens is 2. The Morgan fingerprint density at radius 1 is 1.11 bits per heavy atom. The van der Waals surface area contributed by atoms with E-state index in [0.29, 0.717) is 16.3 Å². The molecule has 0 spiro atoms. The van der Waals surface area contributed by atoms with Crippen LogP contribution in [0.2, 0.25) is 10.0 Å². The standard InChI is InChI=1S/C21H18Cl2N2O3/c1-12-5-4-6-14(9-12)18(26)11-28-21-19(13(2)24-25(21)3)20(27)16-8-7-15(22)10-17(16)23/h4-10H,11H2,1-3H3. The molecule has 0 unspecified atom stereocenters. The van der Waals surface area contributed by atoms with Crippen LogP contribution in [0, 0.1) is 13.8 Å². The van der Waals surface area contributed by atoms with E-state index < -0.39 is 0 Å². The average molecular weight is 417 g/mol. The van der Waals surface area contributed by atoms with Crippen molar-refractivity contribution in [3.63, 3.8) is 0 Å². The largest absolute Gasteiger partial charge is 0.469 e. The molecule has 1 heterocycles. The minimum absolute atomic E-state index is 0.189. The Morgan fingerprint density at radius 2 is 1.86 bits per heavy atom. The van der Waals surface area contributed by atoms with Gasteiger partial charge in [-0.3, -0.25) is 9.59 Å². The van der Waals surface area contributed by atoms with Crippen molar-refractivity contribution in [3.05, 3.63) is 80.5 Å². The van der Waals surface area contributed by atoms with E-state index in [1.54, 1.807) is 38.2 Å². The van der Waals surface area contributed by atoms with Gasteiger partial charge in [0.15, 0.2) is 12.4 Å². The Kier molecular flexibility index (Phi) is 5.87. The number of rotatable bonds is 6. The molecule has 3 rings (SSSR count). The van der Waals surface area contributed by atoms with E-state index in [1.807, 2.05) is 19.1 Å². The Balaban J connectivity index is 1.88. The van der Waals surface area contributed by atoms with Crippen LogP contribution in [-0.2, 0) is 7.05 Å². The number of hydrogen-bond acceptors (Lipinski definition) is 4. The Morgan fingerprint density at radius 3 is 2.54 bits per heavy atom. The second kappa shape index (κ2) is 8.17. The van der Waals surface area contributed by atoms with E-state index >= 15 is 0 Å². The summed E-state index contributed by atoms with van der Waals surface area (Å²) in [5, 5.41) is 4.93. The third-order valence-corrected chi connectivity index (χ3v) is 4.80. The zero-order chi connectivity index (χ0) is 20.4. The normalized spacial score (nSPS) is 10.8. The maximum atomic E-state index is 13.0. The summed E-state index contributed by atoms with van der Waals surface area (Å²) >= 11 is 12.1. The number of carbonyl (C=O) groups excluding carboxylic acids is 2. The van der Waals surface area contributed by atoms with Crippen LogP contribution in [0.1, 0.15) is 37.5 Å². The maximum absolute atomic E-state index is 13.0. The molecular formula is C21H18Cl2N2O3. The fraction of sp³-hybridized carbons (Fsp3) is 0.190. The lowest BCUT2D eigenvalue weighted by atomic mass is 10.0. The molecule has 0 radical (unpaired) electrons. The highest BCUT2D eigenvalue weighted by Crippen LogP contribution is 2.29. The summed E-state index contributed by atoms with van der Waals surface area (Å²) in [7, 11) is 1.65. The van der Waals surface area contributed by atoms with Gasteiger partial charge in [-0.05, 0) is 38.1 Å². The van der Waals surface area contributed by atoms with Gasteiger partial charge in [0.1, 0.15) is 5.56 Å². The SMILES string of the molecule is Cc1cccc(C(=O)COc2c(C(=O)c3ccc(Cl)cc3Cl)c(C)nn2C)c1. The molecule has 0 saturated heterocycles. The highest BCUT2D eigenvalue weighted by atomic mass is 35.5. The summed E-state index contributed by atoms with van der Waals surface area (Å²) in [5.74, 6) is -0.315. The fourth-order valence-electron chi connectivity index (χ4n) is 2.91. The van der Waals surface area contributed by atoms with Gasteiger partial charge < -0.3 is 4.74 Å². The van der Waals surface area contributed by atoms with Crippen molar-refractivity contribution >= 4 is 34.8 Å². The van der Waals surface area contributed by atoms with Crippen molar-refractivity contribution in [3.8, 4) is 5.88 Å². The number of Topliss-reactive ketones (excluding diaryl/α,β-unsaturated/α-hetero) is 1. The second-order valence-electron chi connectivity index (χ2n) is 6.42. The Bertz CT molecular complexity index is 1070. The summed E-state index contributed by atoms with van der Waals surface area (Å²) in [4.78, 5) is 25.5. The molecule has 0 aliphatic carbocycles. The molecule has 1 aromatic heterocycles. The van der Waals surface area contributed by atoms with Crippen LogP contribution in [0.25, 0.3) is 0 Å². The molecule has 0 atom stereocenters. The average Bonchev–Trinajstić information content (AvgIpc) is 2.92. The van der Waals surface area contributed by atoms with Crippen LogP contribution in [0.4, 0.5) is 0 Å². The van der Waals surface area contributed by atoms with E-state index in [0.717, 1.165) is 5.56 Å². The molecule has 0 aliphatic heterocycles. The minimum atomic E-state index is -0.342. The van der Waals surface area contributed by atoms with Gasteiger partial charge in [-0.2, -0.15) is 5.10 Å². The Labute approximate surface area is 172 Å². The predicted octanol–water partition coefficient (Wildman–Crippen LogP) is 4.84. The van der Waals surface area contributed by atoms with Gasteiger partial charge in [0.25, 0.3) is 0 Å². The maximum Gasteiger partial charge on any atom is 0.223 e. The third-order valence-electron chi connectivity index (χ3n) is 4.25. The second-order valence-corrected chi connectivity index (χ2v) is 7.27. The minimum Gasteiger partial charge on any atom is -0.469 e. The van der Waals surface area contributed by atoms with Crippen molar-refractivity contribution in [1.29, 1.82) is 0 Å².